The predicted molar refractivity (Wildman–Crippen MR) is 135 cm³/mol. The number of ether oxygens (including phenoxy) is 2. The summed E-state index contributed by atoms with van der Waals surface area (Å²) in [4.78, 5) is 29.6. The molecule has 2 aromatic rings. The Balaban J connectivity index is 0.00000324. The summed E-state index contributed by atoms with van der Waals surface area (Å²) in [7, 11) is 3.08. The Morgan fingerprint density at radius 1 is 1.03 bits per heavy atom. The largest absolute Gasteiger partial charge is 0.493 e. The van der Waals surface area contributed by atoms with Gasteiger partial charge < -0.3 is 14.8 Å². The number of benzene rings is 2. The molecule has 0 bridgehead atoms. The van der Waals surface area contributed by atoms with Gasteiger partial charge in [-0.3, -0.25) is 19.4 Å². The van der Waals surface area contributed by atoms with Gasteiger partial charge in [-0.15, -0.1) is 12.4 Å². The number of carbonyl (C=O) groups excluding carboxylic acids is 2. The summed E-state index contributed by atoms with van der Waals surface area (Å²) in [5, 5.41) is 4.36. The van der Waals surface area contributed by atoms with Crippen molar-refractivity contribution in [2.75, 3.05) is 46.9 Å². The van der Waals surface area contributed by atoms with Gasteiger partial charge in [0.1, 0.15) is 0 Å². The Morgan fingerprint density at radius 2 is 1.62 bits per heavy atom. The molecule has 2 aromatic carbocycles. The molecule has 1 fully saturated rings. The highest BCUT2D eigenvalue weighted by Gasteiger charge is 2.32. The molecule has 1 saturated heterocycles. The Kier molecular flexibility index (Phi) is 9.07. The molecule has 4 rings (SSSR count). The van der Waals surface area contributed by atoms with Crippen molar-refractivity contribution in [3.63, 3.8) is 0 Å². The van der Waals surface area contributed by atoms with Gasteiger partial charge >= 0.3 is 0 Å². The highest BCUT2D eigenvalue weighted by atomic mass is 35.5. The van der Waals surface area contributed by atoms with Gasteiger partial charge in [-0.2, -0.15) is 0 Å². The first-order valence-electron chi connectivity index (χ1n) is 10.9. The van der Waals surface area contributed by atoms with Crippen LogP contribution in [0.2, 0.25) is 10.0 Å². The van der Waals surface area contributed by atoms with Crippen molar-refractivity contribution in [3.05, 3.63) is 57.1 Å². The van der Waals surface area contributed by atoms with Crippen LogP contribution in [0.1, 0.15) is 33.9 Å². The molecule has 1 aliphatic heterocycles. The zero-order chi connectivity index (χ0) is 23.5. The number of fused-ring (bicyclic) bond motifs is 1. The minimum Gasteiger partial charge on any atom is -0.493 e. The van der Waals surface area contributed by atoms with Crippen LogP contribution in [0.3, 0.4) is 0 Å². The van der Waals surface area contributed by atoms with Crippen LogP contribution in [-0.2, 0) is 11.3 Å². The van der Waals surface area contributed by atoms with Crippen LogP contribution in [0.5, 0.6) is 11.5 Å². The molecule has 0 spiro atoms. The fourth-order valence-electron chi connectivity index (χ4n) is 4.41. The quantitative estimate of drug-likeness (QED) is 0.586. The molecule has 1 unspecified atom stereocenters. The number of nitrogens with zero attached hydrogens (tertiary/aromatic N) is 2. The van der Waals surface area contributed by atoms with E-state index in [1.54, 1.807) is 19.2 Å². The summed E-state index contributed by atoms with van der Waals surface area (Å²) in [5.74, 6) is 0.939. The molecule has 0 saturated carbocycles. The maximum Gasteiger partial charge on any atom is 0.234 e. The van der Waals surface area contributed by atoms with Crippen molar-refractivity contribution in [2.24, 2.45) is 0 Å². The first-order chi connectivity index (χ1) is 15.9. The fourth-order valence-corrected chi connectivity index (χ4v) is 4.93. The summed E-state index contributed by atoms with van der Waals surface area (Å²) in [6, 6.07) is 8.65. The molecule has 34 heavy (non-hydrogen) atoms. The number of halogens is 3. The normalized spacial score (nSPS) is 18.2. The first-order valence-corrected chi connectivity index (χ1v) is 11.6. The van der Waals surface area contributed by atoms with E-state index >= 15 is 0 Å². The van der Waals surface area contributed by atoms with Crippen LogP contribution in [0.15, 0.2) is 30.3 Å². The Morgan fingerprint density at radius 3 is 2.24 bits per heavy atom. The number of rotatable bonds is 7. The Bertz CT molecular complexity index is 1040. The number of piperazine rings is 1. The van der Waals surface area contributed by atoms with E-state index in [9.17, 15) is 9.59 Å². The lowest BCUT2D eigenvalue weighted by molar-refractivity contribution is -0.123. The van der Waals surface area contributed by atoms with Crippen molar-refractivity contribution in [2.45, 2.75) is 19.0 Å². The summed E-state index contributed by atoms with van der Waals surface area (Å²) in [5.41, 5.74) is 2.28. The fraction of sp³-hybridized carbons (Fsp3) is 0.417. The minimum atomic E-state index is -0.358. The molecule has 184 valence electrons. The number of carbonyl (C=O) groups is 2. The lowest BCUT2D eigenvalue weighted by Gasteiger charge is -2.34. The van der Waals surface area contributed by atoms with Crippen molar-refractivity contribution in [1.29, 1.82) is 0 Å². The average molecular weight is 529 g/mol. The second-order valence-electron chi connectivity index (χ2n) is 8.29. The summed E-state index contributed by atoms with van der Waals surface area (Å²) < 4.78 is 10.7. The van der Waals surface area contributed by atoms with E-state index in [1.165, 1.54) is 7.11 Å². The maximum atomic E-state index is 12.8. The average Bonchev–Trinajstić information content (AvgIpc) is 3.10. The highest BCUT2D eigenvalue weighted by molar-refractivity contribution is 6.35. The summed E-state index contributed by atoms with van der Waals surface area (Å²) in [6.45, 7) is 4.13. The Hall–Kier alpha value is -2.03. The zero-order valence-corrected chi connectivity index (χ0v) is 21.4. The van der Waals surface area contributed by atoms with Gasteiger partial charge in [0.05, 0.1) is 26.8 Å². The third kappa shape index (κ3) is 5.78. The monoisotopic (exact) mass is 527 g/mol. The second-order valence-corrected chi connectivity index (χ2v) is 9.11. The number of hydrogen-bond donors (Lipinski definition) is 1. The molecule has 7 nitrogen and oxygen atoms in total. The number of ketones is 1. The first kappa shape index (κ1) is 26.6. The third-order valence-corrected chi connectivity index (χ3v) is 6.94. The summed E-state index contributed by atoms with van der Waals surface area (Å²) in [6.07, 6.45) is 0.240. The number of hydrogen-bond acceptors (Lipinski definition) is 6. The van der Waals surface area contributed by atoms with E-state index in [4.69, 9.17) is 32.7 Å². The van der Waals surface area contributed by atoms with Gasteiger partial charge in [-0.05, 0) is 29.8 Å². The molecule has 0 aromatic heterocycles. The molecule has 1 heterocycles. The van der Waals surface area contributed by atoms with Crippen molar-refractivity contribution in [3.8, 4) is 11.5 Å². The van der Waals surface area contributed by atoms with Crippen LogP contribution < -0.4 is 14.8 Å². The maximum absolute atomic E-state index is 12.8. The van der Waals surface area contributed by atoms with Gasteiger partial charge in [0.2, 0.25) is 5.91 Å². The SMILES string of the molecule is COc1cc2c(cc1OC)C(NC(=O)CN1CCN(Cc3c(Cl)cccc3Cl)CC1)CC2=O.Cl. The van der Waals surface area contributed by atoms with Crippen LogP contribution in [0.4, 0.5) is 0 Å². The van der Waals surface area contributed by atoms with Gasteiger partial charge in [0.15, 0.2) is 17.3 Å². The van der Waals surface area contributed by atoms with E-state index in [-0.39, 0.29) is 43.1 Å². The third-order valence-electron chi connectivity index (χ3n) is 6.23. The van der Waals surface area contributed by atoms with Crippen LogP contribution in [-0.4, -0.2) is 68.4 Å². The lowest BCUT2D eigenvalue weighted by Crippen LogP contribution is -2.49. The lowest BCUT2D eigenvalue weighted by atomic mass is 10.1. The molecule has 10 heteroatoms. The smallest absolute Gasteiger partial charge is 0.234 e. The Labute approximate surface area is 215 Å². The number of methoxy groups -OCH3 is 2. The minimum absolute atomic E-state index is 0. The highest BCUT2D eigenvalue weighted by Crippen LogP contribution is 2.39. The van der Waals surface area contributed by atoms with Crippen molar-refractivity contribution < 1.29 is 19.1 Å². The van der Waals surface area contributed by atoms with Gasteiger partial charge in [0.25, 0.3) is 0 Å². The van der Waals surface area contributed by atoms with E-state index in [0.29, 0.717) is 33.7 Å². The molecular weight excluding hydrogens is 501 g/mol. The number of amides is 1. The molecule has 2 aliphatic rings. The van der Waals surface area contributed by atoms with Crippen molar-refractivity contribution >= 4 is 47.3 Å². The number of nitrogens with one attached hydrogen (secondary N) is 1. The van der Waals surface area contributed by atoms with E-state index < -0.39 is 0 Å². The predicted octanol–water partition coefficient (Wildman–Crippen LogP) is 3.99. The van der Waals surface area contributed by atoms with E-state index in [2.05, 4.69) is 15.1 Å². The molecular formula is C24H28Cl3N3O4. The topological polar surface area (TPSA) is 71.1 Å². The molecule has 1 atom stereocenters. The van der Waals surface area contributed by atoms with Crippen LogP contribution >= 0.6 is 35.6 Å². The molecule has 0 radical (unpaired) electrons. The zero-order valence-electron chi connectivity index (χ0n) is 19.1. The standard InChI is InChI=1S/C24H27Cl2N3O4.ClH/c1-32-22-10-15-16(11-23(22)33-2)21(30)12-20(15)27-24(31)14-29-8-6-28(7-9-29)13-17-18(25)4-3-5-19(17)26;/h3-5,10-11,20H,6-9,12-14H2,1-2H3,(H,27,31);1H. The van der Waals surface area contributed by atoms with E-state index in [0.717, 1.165) is 37.3 Å². The van der Waals surface area contributed by atoms with E-state index in [1.807, 2.05) is 18.2 Å². The second kappa shape index (κ2) is 11.6. The van der Waals surface area contributed by atoms with Gasteiger partial charge in [-0.25, -0.2) is 0 Å². The van der Waals surface area contributed by atoms with Crippen LogP contribution in [0.25, 0.3) is 0 Å². The molecule has 1 amide bonds. The summed E-state index contributed by atoms with van der Waals surface area (Å²) >= 11 is 12.6. The van der Waals surface area contributed by atoms with Crippen molar-refractivity contribution in [1.82, 2.24) is 15.1 Å². The molecule has 1 N–H and O–H groups in total. The van der Waals surface area contributed by atoms with Crippen LogP contribution in [0, 0.1) is 0 Å². The van der Waals surface area contributed by atoms with Gasteiger partial charge in [-0.1, -0.05) is 29.3 Å². The van der Waals surface area contributed by atoms with Gasteiger partial charge in [0, 0.05) is 60.3 Å². The number of Topliss-reactive ketones (excluding diaryl/α,β-unsaturated/α-hetero) is 1. The molecule has 1 aliphatic carbocycles.